The van der Waals surface area contributed by atoms with Crippen LogP contribution in [-0.2, 0) is 11.2 Å². The first kappa shape index (κ1) is 9.77. The van der Waals surface area contributed by atoms with E-state index in [1.807, 2.05) is 6.92 Å². The summed E-state index contributed by atoms with van der Waals surface area (Å²) in [4.78, 5) is 10.8. The summed E-state index contributed by atoms with van der Waals surface area (Å²) in [5.74, 6) is 0.102. The van der Waals surface area contributed by atoms with Crippen molar-refractivity contribution in [3.63, 3.8) is 0 Å². The predicted molar refractivity (Wildman–Crippen MR) is 48.1 cm³/mol. The highest BCUT2D eigenvalue weighted by molar-refractivity contribution is 5.75. The molecule has 0 aliphatic rings. The number of nitrogens with one attached hydrogen (secondary N) is 1. The first-order valence-electron chi connectivity index (χ1n) is 4.48. The third-order valence-corrected chi connectivity index (χ3v) is 1.77. The molecule has 13 heavy (non-hydrogen) atoms. The van der Waals surface area contributed by atoms with Crippen molar-refractivity contribution in [3.05, 3.63) is 18.0 Å². The van der Waals surface area contributed by atoms with Crippen LogP contribution in [0.1, 0.15) is 25.3 Å². The van der Waals surface area contributed by atoms with Crippen molar-refractivity contribution in [2.75, 3.05) is 6.54 Å². The van der Waals surface area contributed by atoms with Gasteiger partial charge in [0.2, 0.25) is 5.91 Å². The van der Waals surface area contributed by atoms with Crippen molar-refractivity contribution >= 4 is 5.91 Å². The Morgan fingerprint density at radius 3 is 3.15 bits per heavy atom. The van der Waals surface area contributed by atoms with E-state index in [1.165, 1.54) is 0 Å². The molecule has 0 saturated heterocycles. The van der Waals surface area contributed by atoms with Crippen LogP contribution in [-0.4, -0.2) is 17.6 Å². The first-order valence-corrected chi connectivity index (χ1v) is 4.48. The normalized spacial score (nSPS) is 9.92. The zero-order chi connectivity index (χ0) is 9.52. The number of amides is 1. The largest absolute Gasteiger partial charge is 0.364 e. The minimum atomic E-state index is 0.102. The number of hydrogen-bond acceptors (Lipinski definition) is 3. The maximum atomic E-state index is 10.8. The molecule has 0 aliphatic carbocycles. The quantitative estimate of drug-likeness (QED) is 0.694. The molecular formula is C9H14N2O2. The van der Waals surface area contributed by atoms with Crippen molar-refractivity contribution in [3.8, 4) is 0 Å². The molecule has 1 rings (SSSR count). The fourth-order valence-corrected chi connectivity index (χ4v) is 0.995. The van der Waals surface area contributed by atoms with Gasteiger partial charge in [-0.2, -0.15) is 0 Å². The lowest BCUT2D eigenvalue weighted by molar-refractivity contribution is -0.120. The van der Waals surface area contributed by atoms with Crippen LogP contribution < -0.4 is 5.32 Å². The Kier molecular flexibility index (Phi) is 4.02. The minimum Gasteiger partial charge on any atom is -0.364 e. The summed E-state index contributed by atoms with van der Waals surface area (Å²) in [6.45, 7) is 2.56. The van der Waals surface area contributed by atoms with E-state index >= 15 is 0 Å². The highest BCUT2D eigenvalue weighted by Gasteiger charge is 1.97. The molecule has 1 amide bonds. The molecule has 0 atom stereocenters. The summed E-state index contributed by atoms with van der Waals surface area (Å²) < 4.78 is 4.68. The number of aromatic nitrogens is 1. The molecule has 1 aromatic rings. The number of carbonyl (C=O) groups is 1. The van der Waals surface area contributed by atoms with E-state index in [1.54, 1.807) is 12.5 Å². The Hall–Kier alpha value is -1.32. The van der Waals surface area contributed by atoms with Crippen LogP contribution in [0.15, 0.2) is 17.0 Å². The van der Waals surface area contributed by atoms with Crippen LogP contribution in [0.4, 0.5) is 0 Å². The third kappa shape index (κ3) is 3.73. The monoisotopic (exact) mass is 182 g/mol. The summed E-state index contributed by atoms with van der Waals surface area (Å²) in [5.41, 5.74) is 1.07. The SMILES string of the molecule is CCC(=O)NCCCc1cnoc1. The molecule has 1 N–H and O–H groups in total. The minimum absolute atomic E-state index is 0.102. The van der Waals surface area contributed by atoms with E-state index in [9.17, 15) is 4.79 Å². The lowest BCUT2D eigenvalue weighted by Gasteiger charge is -2.00. The molecule has 1 heterocycles. The standard InChI is InChI=1S/C9H14N2O2/c1-2-9(12)10-5-3-4-8-6-11-13-7-8/h6-7H,2-5H2,1H3,(H,10,12). The van der Waals surface area contributed by atoms with E-state index < -0.39 is 0 Å². The number of carbonyl (C=O) groups excluding carboxylic acids is 1. The van der Waals surface area contributed by atoms with E-state index in [2.05, 4.69) is 15.0 Å². The molecule has 0 spiro atoms. The summed E-state index contributed by atoms with van der Waals surface area (Å²) in [6, 6.07) is 0. The van der Waals surface area contributed by atoms with Gasteiger partial charge >= 0.3 is 0 Å². The summed E-state index contributed by atoms with van der Waals surface area (Å²) in [7, 11) is 0. The van der Waals surface area contributed by atoms with Crippen molar-refractivity contribution in [1.82, 2.24) is 10.5 Å². The van der Waals surface area contributed by atoms with E-state index in [-0.39, 0.29) is 5.91 Å². The smallest absolute Gasteiger partial charge is 0.219 e. The molecule has 0 unspecified atom stereocenters. The highest BCUT2D eigenvalue weighted by atomic mass is 16.5. The van der Waals surface area contributed by atoms with E-state index in [0.717, 1.165) is 24.9 Å². The number of hydrogen-bond donors (Lipinski definition) is 1. The summed E-state index contributed by atoms with van der Waals surface area (Å²) >= 11 is 0. The Morgan fingerprint density at radius 2 is 2.54 bits per heavy atom. The average Bonchev–Trinajstić information content (AvgIpc) is 2.64. The predicted octanol–water partition coefficient (Wildman–Crippen LogP) is 1.13. The molecule has 1 aromatic heterocycles. The lowest BCUT2D eigenvalue weighted by Crippen LogP contribution is -2.23. The fourth-order valence-electron chi connectivity index (χ4n) is 0.995. The second-order valence-electron chi connectivity index (χ2n) is 2.84. The van der Waals surface area contributed by atoms with Crippen molar-refractivity contribution in [2.24, 2.45) is 0 Å². The maximum absolute atomic E-state index is 10.8. The van der Waals surface area contributed by atoms with Crippen LogP contribution in [0.5, 0.6) is 0 Å². The molecule has 0 saturated carbocycles. The fraction of sp³-hybridized carbons (Fsp3) is 0.556. The zero-order valence-corrected chi connectivity index (χ0v) is 7.75. The van der Waals surface area contributed by atoms with Crippen LogP contribution >= 0.6 is 0 Å². The Balaban J connectivity index is 2.05. The molecule has 4 heteroatoms. The Labute approximate surface area is 77.3 Å². The number of nitrogens with zero attached hydrogens (tertiary/aromatic N) is 1. The lowest BCUT2D eigenvalue weighted by atomic mass is 10.2. The van der Waals surface area contributed by atoms with E-state index in [0.29, 0.717) is 6.42 Å². The van der Waals surface area contributed by atoms with Crippen molar-refractivity contribution < 1.29 is 9.32 Å². The molecule has 0 fully saturated rings. The molecule has 72 valence electrons. The van der Waals surface area contributed by atoms with Gasteiger partial charge in [0, 0.05) is 18.5 Å². The third-order valence-electron chi connectivity index (χ3n) is 1.77. The van der Waals surface area contributed by atoms with Crippen LogP contribution in [0.2, 0.25) is 0 Å². The van der Waals surface area contributed by atoms with Gasteiger partial charge in [-0.25, -0.2) is 0 Å². The van der Waals surface area contributed by atoms with E-state index in [4.69, 9.17) is 0 Å². The summed E-state index contributed by atoms with van der Waals surface area (Å²) in [6.07, 6.45) is 5.69. The average molecular weight is 182 g/mol. The maximum Gasteiger partial charge on any atom is 0.219 e. The van der Waals surface area contributed by atoms with Gasteiger partial charge in [-0.1, -0.05) is 12.1 Å². The van der Waals surface area contributed by atoms with Gasteiger partial charge in [-0.05, 0) is 12.8 Å². The second kappa shape index (κ2) is 5.35. The summed E-state index contributed by atoms with van der Waals surface area (Å²) in [5, 5.41) is 6.39. The highest BCUT2D eigenvalue weighted by Crippen LogP contribution is 1.99. The van der Waals surface area contributed by atoms with Crippen LogP contribution in [0.3, 0.4) is 0 Å². The molecule has 0 aromatic carbocycles. The van der Waals surface area contributed by atoms with Gasteiger partial charge in [-0.15, -0.1) is 0 Å². The van der Waals surface area contributed by atoms with Gasteiger partial charge < -0.3 is 9.84 Å². The Bertz CT molecular complexity index is 244. The number of rotatable bonds is 5. The van der Waals surface area contributed by atoms with Gasteiger partial charge in [0.25, 0.3) is 0 Å². The van der Waals surface area contributed by atoms with Crippen molar-refractivity contribution in [1.29, 1.82) is 0 Å². The molecule has 0 radical (unpaired) electrons. The van der Waals surface area contributed by atoms with Gasteiger partial charge in [-0.3, -0.25) is 4.79 Å². The molecule has 0 aliphatic heterocycles. The molecule has 0 bridgehead atoms. The Morgan fingerprint density at radius 1 is 1.69 bits per heavy atom. The van der Waals surface area contributed by atoms with Gasteiger partial charge in [0.1, 0.15) is 6.26 Å². The topological polar surface area (TPSA) is 55.1 Å². The van der Waals surface area contributed by atoms with Crippen molar-refractivity contribution in [2.45, 2.75) is 26.2 Å². The molecule has 4 nitrogen and oxygen atoms in total. The van der Waals surface area contributed by atoms with Crippen LogP contribution in [0.25, 0.3) is 0 Å². The zero-order valence-electron chi connectivity index (χ0n) is 7.75. The second-order valence-corrected chi connectivity index (χ2v) is 2.84. The van der Waals surface area contributed by atoms with Gasteiger partial charge in [0.05, 0.1) is 6.20 Å². The van der Waals surface area contributed by atoms with Crippen LogP contribution in [0, 0.1) is 0 Å². The first-order chi connectivity index (χ1) is 6.33. The van der Waals surface area contributed by atoms with Gasteiger partial charge in [0.15, 0.2) is 0 Å². The number of aryl methyl sites for hydroxylation is 1. The molecular weight excluding hydrogens is 168 g/mol.